The zero-order chi connectivity index (χ0) is 14.1. The van der Waals surface area contributed by atoms with E-state index >= 15 is 0 Å². The van der Waals surface area contributed by atoms with E-state index in [1.54, 1.807) is 0 Å². The predicted octanol–water partition coefficient (Wildman–Crippen LogP) is 4.48. The van der Waals surface area contributed by atoms with Gasteiger partial charge in [-0.2, -0.15) is 0 Å². The molecule has 1 aliphatic rings. The summed E-state index contributed by atoms with van der Waals surface area (Å²) >= 11 is 0. The third-order valence-electron chi connectivity index (χ3n) is 4.63. The molecular weight excluding hydrogens is 282 g/mol. The highest BCUT2D eigenvalue weighted by Gasteiger charge is 2.20. The second-order valence-corrected chi connectivity index (χ2v) is 5.94. The quantitative estimate of drug-likeness (QED) is 0.834. The molecule has 0 amide bonds. The summed E-state index contributed by atoms with van der Waals surface area (Å²) in [6, 6.07) is 2.18. The minimum Gasteiger partial charge on any atom is -0.355 e. The summed E-state index contributed by atoms with van der Waals surface area (Å²) in [7, 11) is 0. The Balaban J connectivity index is 0.00000161. The van der Waals surface area contributed by atoms with E-state index in [-0.39, 0.29) is 12.4 Å². The average Bonchev–Trinajstić information content (AvgIpc) is 2.74. The number of aromatic nitrogens is 2. The summed E-state index contributed by atoms with van der Waals surface area (Å²) in [6.45, 7) is 10.1. The molecule has 0 aromatic carbocycles. The Morgan fingerprint density at radius 1 is 1.14 bits per heavy atom. The van der Waals surface area contributed by atoms with Gasteiger partial charge in [0, 0.05) is 36.9 Å². The number of hydrogen-bond acceptors (Lipinski definition) is 2. The van der Waals surface area contributed by atoms with Gasteiger partial charge in [-0.25, -0.2) is 4.98 Å². The summed E-state index contributed by atoms with van der Waals surface area (Å²) in [6.07, 6.45) is 7.10. The van der Waals surface area contributed by atoms with Crippen molar-refractivity contribution in [2.45, 2.75) is 53.0 Å². The number of hydrogen-bond donors (Lipinski definition) is 0. The number of piperidine rings is 1. The van der Waals surface area contributed by atoms with Crippen LogP contribution >= 0.6 is 12.4 Å². The van der Waals surface area contributed by atoms with Crippen molar-refractivity contribution in [1.29, 1.82) is 0 Å². The molecule has 1 fully saturated rings. The number of aryl methyl sites for hydroxylation is 2. The third-order valence-corrected chi connectivity index (χ3v) is 4.63. The van der Waals surface area contributed by atoms with Crippen molar-refractivity contribution in [3.63, 3.8) is 0 Å². The van der Waals surface area contributed by atoms with Gasteiger partial charge in [0.05, 0.1) is 5.52 Å². The number of pyridine rings is 1. The van der Waals surface area contributed by atoms with Crippen LogP contribution in [0.3, 0.4) is 0 Å². The van der Waals surface area contributed by atoms with Gasteiger partial charge in [0.2, 0.25) is 0 Å². The van der Waals surface area contributed by atoms with Crippen LogP contribution in [-0.2, 0) is 6.54 Å². The predicted molar refractivity (Wildman–Crippen MR) is 92.8 cm³/mol. The van der Waals surface area contributed by atoms with Crippen LogP contribution in [0.1, 0.15) is 43.9 Å². The Kier molecular flexibility index (Phi) is 5.15. The molecule has 21 heavy (non-hydrogen) atoms. The van der Waals surface area contributed by atoms with Gasteiger partial charge in [-0.3, -0.25) is 0 Å². The molecule has 0 aliphatic carbocycles. The SMILES string of the molecule is CCCn1c(C)c(C)c2ccnc(N3CCCCC3)c21.Cl. The van der Waals surface area contributed by atoms with Gasteiger partial charge in [-0.1, -0.05) is 6.92 Å². The summed E-state index contributed by atoms with van der Waals surface area (Å²) in [5.74, 6) is 1.20. The minimum atomic E-state index is 0. The van der Waals surface area contributed by atoms with Crippen LogP contribution in [0.4, 0.5) is 5.82 Å². The molecule has 1 aliphatic heterocycles. The monoisotopic (exact) mass is 307 g/mol. The van der Waals surface area contributed by atoms with E-state index in [2.05, 4.69) is 36.3 Å². The van der Waals surface area contributed by atoms with Gasteiger partial charge in [0.1, 0.15) is 0 Å². The van der Waals surface area contributed by atoms with Gasteiger partial charge in [0.15, 0.2) is 5.82 Å². The van der Waals surface area contributed by atoms with Crippen LogP contribution in [0.15, 0.2) is 12.3 Å². The fourth-order valence-corrected chi connectivity index (χ4v) is 3.42. The number of halogens is 1. The molecule has 4 heteroatoms. The maximum Gasteiger partial charge on any atom is 0.153 e. The lowest BCUT2D eigenvalue weighted by Gasteiger charge is -2.28. The summed E-state index contributed by atoms with van der Waals surface area (Å²) in [4.78, 5) is 7.22. The maximum atomic E-state index is 4.73. The standard InChI is InChI=1S/C17H25N3.ClH/c1-4-10-20-14(3)13(2)15-8-9-18-17(16(15)20)19-11-6-5-7-12-19;/h8-9H,4-7,10-12H2,1-3H3;1H. The van der Waals surface area contributed by atoms with Crippen molar-refractivity contribution in [2.24, 2.45) is 0 Å². The van der Waals surface area contributed by atoms with E-state index < -0.39 is 0 Å². The van der Waals surface area contributed by atoms with Crippen LogP contribution < -0.4 is 4.90 Å². The van der Waals surface area contributed by atoms with E-state index in [0.29, 0.717) is 0 Å². The topological polar surface area (TPSA) is 21.1 Å². The first-order chi connectivity index (χ1) is 9.74. The van der Waals surface area contributed by atoms with Crippen molar-refractivity contribution in [3.8, 4) is 0 Å². The van der Waals surface area contributed by atoms with Gasteiger partial charge in [0.25, 0.3) is 0 Å². The first kappa shape index (κ1) is 16.2. The molecule has 3 rings (SSSR count). The molecule has 0 bridgehead atoms. The van der Waals surface area contributed by atoms with Crippen molar-refractivity contribution in [3.05, 3.63) is 23.5 Å². The van der Waals surface area contributed by atoms with Gasteiger partial charge in [-0.05, 0) is 51.2 Å². The number of rotatable bonds is 3. The van der Waals surface area contributed by atoms with Crippen molar-refractivity contribution in [1.82, 2.24) is 9.55 Å². The summed E-state index contributed by atoms with van der Waals surface area (Å²) < 4.78 is 2.47. The lowest BCUT2D eigenvalue weighted by molar-refractivity contribution is 0.573. The van der Waals surface area contributed by atoms with Crippen LogP contribution in [0.5, 0.6) is 0 Å². The minimum absolute atomic E-state index is 0. The zero-order valence-electron chi connectivity index (χ0n) is 13.4. The van der Waals surface area contributed by atoms with Gasteiger partial charge in [-0.15, -0.1) is 12.4 Å². The van der Waals surface area contributed by atoms with E-state index in [0.717, 1.165) is 19.6 Å². The van der Waals surface area contributed by atoms with Crippen LogP contribution in [-0.4, -0.2) is 22.6 Å². The molecule has 2 aromatic rings. The molecular formula is C17H26ClN3. The number of anilines is 1. The molecule has 0 saturated carbocycles. The first-order valence-corrected chi connectivity index (χ1v) is 7.93. The van der Waals surface area contributed by atoms with Crippen LogP contribution in [0.2, 0.25) is 0 Å². The Morgan fingerprint density at radius 2 is 1.86 bits per heavy atom. The molecule has 0 radical (unpaired) electrons. The van der Waals surface area contributed by atoms with Crippen LogP contribution in [0, 0.1) is 13.8 Å². The molecule has 2 aromatic heterocycles. The van der Waals surface area contributed by atoms with Crippen LogP contribution in [0.25, 0.3) is 10.9 Å². The Morgan fingerprint density at radius 3 is 2.52 bits per heavy atom. The highest BCUT2D eigenvalue weighted by Crippen LogP contribution is 2.32. The average molecular weight is 308 g/mol. The highest BCUT2D eigenvalue weighted by molar-refractivity contribution is 5.93. The van der Waals surface area contributed by atoms with E-state index in [1.165, 1.54) is 53.7 Å². The second-order valence-electron chi connectivity index (χ2n) is 5.94. The fourth-order valence-electron chi connectivity index (χ4n) is 3.42. The van der Waals surface area contributed by atoms with Crippen molar-refractivity contribution >= 4 is 29.1 Å². The zero-order valence-corrected chi connectivity index (χ0v) is 14.2. The van der Waals surface area contributed by atoms with E-state index in [4.69, 9.17) is 4.98 Å². The lowest BCUT2D eigenvalue weighted by Crippen LogP contribution is -2.30. The summed E-state index contributed by atoms with van der Waals surface area (Å²) in [5, 5.41) is 1.38. The molecule has 0 unspecified atom stereocenters. The largest absolute Gasteiger partial charge is 0.355 e. The molecule has 3 heterocycles. The fraction of sp³-hybridized carbons (Fsp3) is 0.588. The van der Waals surface area contributed by atoms with Crippen molar-refractivity contribution < 1.29 is 0 Å². The Labute approximate surface area is 133 Å². The smallest absolute Gasteiger partial charge is 0.153 e. The molecule has 0 spiro atoms. The maximum absolute atomic E-state index is 4.73. The van der Waals surface area contributed by atoms with E-state index in [1.807, 2.05) is 6.20 Å². The molecule has 1 saturated heterocycles. The van der Waals surface area contributed by atoms with Crippen molar-refractivity contribution in [2.75, 3.05) is 18.0 Å². The molecule has 0 atom stereocenters. The molecule has 116 valence electrons. The third kappa shape index (κ3) is 2.76. The van der Waals surface area contributed by atoms with Gasteiger partial charge >= 0.3 is 0 Å². The normalized spacial score (nSPS) is 15.3. The molecule has 3 nitrogen and oxygen atoms in total. The Bertz CT molecular complexity index is 612. The molecule has 0 N–H and O–H groups in total. The first-order valence-electron chi connectivity index (χ1n) is 7.93. The highest BCUT2D eigenvalue weighted by atomic mass is 35.5. The van der Waals surface area contributed by atoms with E-state index in [9.17, 15) is 0 Å². The second kappa shape index (κ2) is 6.69. The number of fused-ring (bicyclic) bond motifs is 1. The number of nitrogens with zero attached hydrogens (tertiary/aromatic N) is 3. The Hall–Kier alpha value is -1.22. The van der Waals surface area contributed by atoms with Gasteiger partial charge < -0.3 is 9.47 Å². The summed E-state index contributed by atoms with van der Waals surface area (Å²) in [5.41, 5.74) is 4.16. The lowest BCUT2D eigenvalue weighted by atomic mass is 10.1.